The number of aromatic nitrogens is 1. The fourth-order valence-electron chi connectivity index (χ4n) is 2.41. The van der Waals surface area contributed by atoms with Crippen molar-refractivity contribution in [3.05, 3.63) is 28.0 Å². The van der Waals surface area contributed by atoms with E-state index in [4.69, 9.17) is 4.74 Å². The van der Waals surface area contributed by atoms with Crippen molar-refractivity contribution in [2.75, 3.05) is 13.1 Å². The van der Waals surface area contributed by atoms with Gasteiger partial charge in [-0.2, -0.15) is 0 Å². The van der Waals surface area contributed by atoms with Crippen molar-refractivity contribution in [3.63, 3.8) is 0 Å². The van der Waals surface area contributed by atoms with Gasteiger partial charge in [0, 0.05) is 23.5 Å². The summed E-state index contributed by atoms with van der Waals surface area (Å²) in [7, 11) is 0. The molecule has 0 radical (unpaired) electrons. The van der Waals surface area contributed by atoms with Gasteiger partial charge in [0.15, 0.2) is 5.60 Å². The number of pyridine rings is 1. The first-order valence-electron chi connectivity index (χ1n) is 5.31. The van der Waals surface area contributed by atoms with Crippen LogP contribution in [-0.4, -0.2) is 24.0 Å². The van der Waals surface area contributed by atoms with E-state index in [0.29, 0.717) is 5.56 Å². The van der Waals surface area contributed by atoms with Gasteiger partial charge in [-0.05, 0) is 35.1 Å². The van der Waals surface area contributed by atoms with Crippen LogP contribution >= 0.6 is 15.9 Å². The van der Waals surface area contributed by atoms with Crippen LogP contribution in [0.15, 0.2) is 16.7 Å². The number of halogens is 1. The van der Waals surface area contributed by atoms with Gasteiger partial charge in [0.05, 0.1) is 11.3 Å². The molecule has 84 valence electrons. The molecule has 16 heavy (non-hydrogen) atoms. The van der Waals surface area contributed by atoms with Crippen LogP contribution in [0.3, 0.4) is 0 Å². The monoisotopic (exact) mass is 282 g/mol. The summed E-state index contributed by atoms with van der Waals surface area (Å²) in [4.78, 5) is 16.2. The molecular formula is C11H11BrN2O2. The highest BCUT2D eigenvalue weighted by molar-refractivity contribution is 9.10. The lowest BCUT2D eigenvalue weighted by molar-refractivity contribution is -0.0260. The SMILES string of the molecule is O=C1OC2(CCNCC2)c2ncc(Br)cc21. The van der Waals surface area contributed by atoms with E-state index in [1.54, 1.807) is 12.3 Å². The maximum atomic E-state index is 11.8. The second-order valence-electron chi connectivity index (χ2n) is 4.18. The highest BCUT2D eigenvalue weighted by Crippen LogP contribution is 2.41. The number of carbonyl (C=O) groups is 1. The molecule has 3 rings (SSSR count). The van der Waals surface area contributed by atoms with E-state index < -0.39 is 5.60 Å². The zero-order valence-electron chi connectivity index (χ0n) is 8.62. The Hall–Kier alpha value is -0.940. The Morgan fingerprint density at radius 1 is 1.44 bits per heavy atom. The summed E-state index contributed by atoms with van der Waals surface area (Å²) in [5.41, 5.74) is 0.941. The minimum absolute atomic E-state index is 0.245. The third-order valence-corrected chi connectivity index (χ3v) is 3.64. The summed E-state index contributed by atoms with van der Waals surface area (Å²) in [6.45, 7) is 1.73. The molecule has 0 bridgehead atoms. The molecule has 0 amide bonds. The molecule has 2 aliphatic heterocycles. The third-order valence-electron chi connectivity index (χ3n) is 3.21. The van der Waals surface area contributed by atoms with E-state index in [1.807, 2.05) is 0 Å². The number of nitrogens with zero attached hydrogens (tertiary/aromatic N) is 1. The van der Waals surface area contributed by atoms with Crippen molar-refractivity contribution in [2.24, 2.45) is 0 Å². The summed E-state index contributed by atoms with van der Waals surface area (Å²) in [6, 6.07) is 1.79. The normalized spacial score (nSPS) is 21.9. The minimum Gasteiger partial charge on any atom is -0.449 e. The maximum absolute atomic E-state index is 11.8. The molecule has 1 saturated heterocycles. The fourth-order valence-corrected chi connectivity index (χ4v) is 2.74. The molecule has 1 N–H and O–H groups in total. The molecule has 1 fully saturated rings. The summed E-state index contributed by atoms with van der Waals surface area (Å²) in [5.74, 6) is -0.245. The highest BCUT2D eigenvalue weighted by atomic mass is 79.9. The molecule has 0 aliphatic carbocycles. The third kappa shape index (κ3) is 1.38. The zero-order chi connectivity index (χ0) is 11.2. The Bertz CT molecular complexity index is 455. The summed E-state index contributed by atoms with van der Waals surface area (Å²) >= 11 is 3.32. The maximum Gasteiger partial charge on any atom is 0.341 e. The number of nitrogens with one attached hydrogen (secondary N) is 1. The topological polar surface area (TPSA) is 51.2 Å². The summed E-state index contributed by atoms with van der Waals surface area (Å²) < 4.78 is 6.37. The number of fused-ring (bicyclic) bond motifs is 2. The van der Waals surface area contributed by atoms with E-state index in [9.17, 15) is 4.79 Å². The van der Waals surface area contributed by atoms with Gasteiger partial charge in [-0.25, -0.2) is 4.79 Å². The molecule has 0 aromatic carbocycles. The molecule has 1 spiro atoms. The first-order chi connectivity index (χ1) is 7.71. The lowest BCUT2D eigenvalue weighted by Crippen LogP contribution is -2.40. The predicted octanol–water partition coefficient (Wildman–Crippen LogP) is 1.59. The Labute approximate surface area is 102 Å². The van der Waals surface area contributed by atoms with Gasteiger partial charge in [-0.15, -0.1) is 0 Å². The van der Waals surface area contributed by atoms with E-state index >= 15 is 0 Å². The molecule has 4 nitrogen and oxygen atoms in total. The van der Waals surface area contributed by atoms with E-state index in [2.05, 4.69) is 26.2 Å². The van der Waals surface area contributed by atoms with E-state index in [0.717, 1.165) is 36.1 Å². The van der Waals surface area contributed by atoms with Crippen LogP contribution in [0, 0.1) is 0 Å². The number of hydrogen-bond acceptors (Lipinski definition) is 4. The molecule has 0 atom stereocenters. The lowest BCUT2D eigenvalue weighted by atomic mass is 9.88. The van der Waals surface area contributed by atoms with Crippen molar-refractivity contribution in [2.45, 2.75) is 18.4 Å². The zero-order valence-corrected chi connectivity index (χ0v) is 10.2. The number of rotatable bonds is 0. The number of carbonyl (C=O) groups excluding carboxylic acids is 1. The van der Waals surface area contributed by atoms with Gasteiger partial charge in [0.2, 0.25) is 0 Å². The fraction of sp³-hybridized carbons (Fsp3) is 0.455. The van der Waals surface area contributed by atoms with E-state index in [-0.39, 0.29) is 5.97 Å². The number of esters is 1. The Balaban J connectivity index is 2.11. The van der Waals surface area contributed by atoms with Crippen LogP contribution in [0.4, 0.5) is 0 Å². The van der Waals surface area contributed by atoms with Gasteiger partial charge in [0.25, 0.3) is 0 Å². The first kappa shape index (κ1) is 10.2. The Morgan fingerprint density at radius 3 is 2.94 bits per heavy atom. The molecular weight excluding hydrogens is 272 g/mol. The average molecular weight is 283 g/mol. The average Bonchev–Trinajstić information content (AvgIpc) is 2.53. The van der Waals surface area contributed by atoms with Crippen LogP contribution in [0.2, 0.25) is 0 Å². The van der Waals surface area contributed by atoms with Crippen LogP contribution in [0.25, 0.3) is 0 Å². The largest absolute Gasteiger partial charge is 0.449 e. The van der Waals surface area contributed by atoms with Crippen LogP contribution in [0.5, 0.6) is 0 Å². The molecule has 0 unspecified atom stereocenters. The second-order valence-corrected chi connectivity index (χ2v) is 5.10. The lowest BCUT2D eigenvalue weighted by Gasteiger charge is -2.32. The molecule has 3 heterocycles. The summed E-state index contributed by atoms with van der Waals surface area (Å²) in [6.07, 6.45) is 3.34. The van der Waals surface area contributed by atoms with Crippen LogP contribution in [0.1, 0.15) is 28.9 Å². The number of piperidine rings is 1. The standard InChI is InChI=1S/C11H11BrN2O2/c12-7-5-8-9(14-6-7)11(16-10(8)15)1-3-13-4-2-11/h5-6,13H,1-4H2. The van der Waals surface area contributed by atoms with E-state index in [1.165, 1.54) is 0 Å². The number of hydrogen-bond donors (Lipinski definition) is 1. The van der Waals surface area contributed by atoms with Crippen molar-refractivity contribution < 1.29 is 9.53 Å². The van der Waals surface area contributed by atoms with Gasteiger partial charge < -0.3 is 10.1 Å². The molecule has 0 saturated carbocycles. The van der Waals surface area contributed by atoms with Crippen molar-refractivity contribution in [1.82, 2.24) is 10.3 Å². The molecule has 1 aromatic heterocycles. The Kier molecular flexibility index (Phi) is 2.26. The summed E-state index contributed by atoms with van der Waals surface area (Å²) in [5, 5.41) is 3.26. The Morgan fingerprint density at radius 2 is 2.19 bits per heavy atom. The van der Waals surface area contributed by atoms with Crippen molar-refractivity contribution >= 4 is 21.9 Å². The quantitative estimate of drug-likeness (QED) is 0.735. The molecule has 2 aliphatic rings. The van der Waals surface area contributed by atoms with Crippen LogP contribution in [-0.2, 0) is 10.3 Å². The van der Waals surface area contributed by atoms with Crippen molar-refractivity contribution in [1.29, 1.82) is 0 Å². The van der Waals surface area contributed by atoms with Gasteiger partial charge >= 0.3 is 5.97 Å². The second kappa shape index (κ2) is 3.53. The number of ether oxygens (including phenoxy) is 1. The van der Waals surface area contributed by atoms with Crippen LogP contribution < -0.4 is 5.32 Å². The van der Waals surface area contributed by atoms with Gasteiger partial charge in [-0.1, -0.05) is 0 Å². The van der Waals surface area contributed by atoms with Crippen molar-refractivity contribution in [3.8, 4) is 0 Å². The van der Waals surface area contributed by atoms with Gasteiger partial charge in [-0.3, -0.25) is 4.98 Å². The van der Waals surface area contributed by atoms with Gasteiger partial charge in [0.1, 0.15) is 0 Å². The molecule has 5 heteroatoms. The highest BCUT2D eigenvalue weighted by Gasteiger charge is 2.47. The minimum atomic E-state index is -0.474. The first-order valence-corrected chi connectivity index (χ1v) is 6.11. The smallest absolute Gasteiger partial charge is 0.341 e. The molecule has 1 aromatic rings. The predicted molar refractivity (Wildman–Crippen MR) is 61.1 cm³/mol.